The third-order valence-electron chi connectivity index (χ3n) is 3.77. The topological polar surface area (TPSA) is 72.5 Å². The van der Waals surface area contributed by atoms with Gasteiger partial charge in [-0.3, -0.25) is 4.79 Å². The van der Waals surface area contributed by atoms with Crippen LogP contribution in [0.1, 0.15) is 16.1 Å². The van der Waals surface area contributed by atoms with Crippen LogP contribution in [0.15, 0.2) is 47.8 Å². The van der Waals surface area contributed by atoms with Crippen LogP contribution in [0, 0.1) is 0 Å². The van der Waals surface area contributed by atoms with E-state index < -0.39 is 0 Å². The summed E-state index contributed by atoms with van der Waals surface area (Å²) < 4.78 is 10.5. The molecule has 1 heterocycles. The smallest absolute Gasteiger partial charge is 0.271 e. The molecule has 0 radical (unpaired) electrons. The Bertz CT molecular complexity index is 945. The van der Waals surface area contributed by atoms with E-state index in [9.17, 15) is 4.79 Å². The quantitative estimate of drug-likeness (QED) is 0.608. The van der Waals surface area contributed by atoms with Crippen molar-refractivity contribution in [3.8, 4) is 11.5 Å². The average Bonchev–Trinajstić information content (AvgIpc) is 3.15. The number of thiazole rings is 1. The summed E-state index contributed by atoms with van der Waals surface area (Å²) >= 11 is 7.44. The van der Waals surface area contributed by atoms with E-state index in [0.717, 1.165) is 11.3 Å². The maximum absolute atomic E-state index is 12.3. The number of hydrogen-bond acceptors (Lipinski definition) is 6. The minimum Gasteiger partial charge on any atom is -0.493 e. The van der Waals surface area contributed by atoms with Gasteiger partial charge in [-0.05, 0) is 23.8 Å². The number of nitrogens with one attached hydrogen (secondary N) is 2. The average molecular weight is 404 g/mol. The SMILES string of the molecule is COc1ccc(Nc2nc(C(=O)NCc3ccccc3Cl)cs2)cc1OC. The molecule has 0 aliphatic rings. The molecule has 6 nitrogen and oxygen atoms in total. The number of nitrogens with zero attached hydrogens (tertiary/aromatic N) is 1. The van der Waals surface area contributed by atoms with Gasteiger partial charge in [0.1, 0.15) is 5.69 Å². The molecule has 0 spiro atoms. The summed E-state index contributed by atoms with van der Waals surface area (Å²) in [7, 11) is 3.16. The van der Waals surface area contributed by atoms with Crippen LogP contribution in [-0.4, -0.2) is 25.1 Å². The second-order valence-electron chi connectivity index (χ2n) is 5.51. The van der Waals surface area contributed by atoms with Gasteiger partial charge in [-0.25, -0.2) is 4.98 Å². The number of rotatable bonds is 7. The van der Waals surface area contributed by atoms with Crippen molar-refractivity contribution in [2.75, 3.05) is 19.5 Å². The lowest BCUT2D eigenvalue weighted by Gasteiger charge is -2.09. The molecule has 0 unspecified atom stereocenters. The number of halogens is 1. The van der Waals surface area contributed by atoms with Crippen LogP contribution in [0.25, 0.3) is 0 Å². The van der Waals surface area contributed by atoms with Gasteiger partial charge >= 0.3 is 0 Å². The van der Waals surface area contributed by atoms with Gasteiger partial charge in [-0.2, -0.15) is 0 Å². The van der Waals surface area contributed by atoms with Crippen molar-refractivity contribution in [3.05, 3.63) is 64.1 Å². The van der Waals surface area contributed by atoms with E-state index >= 15 is 0 Å². The molecule has 0 saturated carbocycles. The van der Waals surface area contributed by atoms with Gasteiger partial charge in [0.15, 0.2) is 16.6 Å². The number of aromatic nitrogens is 1. The molecule has 8 heteroatoms. The van der Waals surface area contributed by atoms with Crippen molar-refractivity contribution in [2.45, 2.75) is 6.54 Å². The molecule has 0 aliphatic heterocycles. The number of ether oxygens (including phenoxy) is 2. The number of methoxy groups -OCH3 is 2. The lowest BCUT2D eigenvalue weighted by molar-refractivity contribution is 0.0946. The Morgan fingerprint density at radius 2 is 1.93 bits per heavy atom. The molecule has 2 N–H and O–H groups in total. The van der Waals surface area contributed by atoms with E-state index in [1.54, 1.807) is 37.8 Å². The highest BCUT2D eigenvalue weighted by atomic mass is 35.5. The monoisotopic (exact) mass is 403 g/mol. The highest BCUT2D eigenvalue weighted by Gasteiger charge is 2.12. The van der Waals surface area contributed by atoms with Crippen molar-refractivity contribution >= 4 is 39.7 Å². The summed E-state index contributed by atoms with van der Waals surface area (Å²) in [4.78, 5) is 16.6. The number of carbonyl (C=O) groups excluding carboxylic acids is 1. The van der Waals surface area contributed by atoms with Crippen LogP contribution >= 0.6 is 22.9 Å². The van der Waals surface area contributed by atoms with E-state index in [1.165, 1.54) is 11.3 Å². The van der Waals surface area contributed by atoms with Gasteiger partial charge < -0.3 is 20.1 Å². The second kappa shape index (κ2) is 8.75. The van der Waals surface area contributed by atoms with Gasteiger partial charge in [0.2, 0.25) is 0 Å². The molecular formula is C19H18ClN3O3S. The van der Waals surface area contributed by atoms with Crippen molar-refractivity contribution in [1.82, 2.24) is 10.3 Å². The Labute approximate surface area is 166 Å². The zero-order valence-corrected chi connectivity index (χ0v) is 16.4. The van der Waals surface area contributed by atoms with Crippen LogP contribution in [0.5, 0.6) is 11.5 Å². The molecule has 1 aromatic heterocycles. The maximum Gasteiger partial charge on any atom is 0.271 e. The first-order chi connectivity index (χ1) is 13.1. The zero-order chi connectivity index (χ0) is 19.2. The number of anilines is 2. The molecule has 27 heavy (non-hydrogen) atoms. The molecule has 2 aromatic carbocycles. The van der Waals surface area contributed by atoms with Crippen LogP contribution in [0.2, 0.25) is 5.02 Å². The molecule has 3 aromatic rings. The summed E-state index contributed by atoms with van der Waals surface area (Å²) in [5, 5.41) is 8.90. The Morgan fingerprint density at radius 1 is 1.15 bits per heavy atom. The van der Waals surface area contributed by atoms with E-state index in [0.29, 0.717) is 33.9 Å². The largest absolute Gasteiger partial charge is 0.493 e. The molecule has 0 fully saturated rings. The predicted octanol–water partition coefficient (Wildman–Crippen LogP) is 4.49. The number of amides is 1. The Kier molecular flexibility index (Phi) is 6.16. The molecule has 1 amide bonds. The zero-order valence-electron chi connectivity index (χ0n) is 14.8. The maximum atomic E-state index is 12.3. The van der Waals surface area contributed by atoms with Gasteiger partial charge in [-0.1, -0.05) is 29.8 Å². The van der Waals surface area contributed by atoms with Gasteiger partial charge in [-0.15, -0.1) is 11.3 Å². The summed E-state index contributed by atoms with van der Waals surface area (Å²) in [5.74, 6) is 0.991. The standard InChI is InChI=1S/C19H18ClN3O3S/c1-25-16-8-7-13(9-17(16)26-2)22-19-23-15(11-27-19)18(24)21-10-12-5-3-4-6-14(12)20/h3-9,11H,10H2,1-2H3,(H,21,24)(H,22,23). The van der Waals surface area contributed by atoms with Crippen LogP contribution < -0.4 is 20.1 Å². The van der Waals surface area contributed by atoms with Crippen LogP contribution in [0.4, 0.5) is 10.8 Å². The van der Waals surface area contributed by atoms with Crippen LogP contribution in [0.3, 0.4) is 0 Å². The summed E-state index contributed by atoms with van der Waals surface area (Å²) in [6, 6.07) is 12.8. The third kappa shape index (κ3) is 4.69. The molecule has 0 bridgehead atoms. The van der Waals surface area contributed by atoms with Gasteiger partial charge in [0.25, 0.3) is 5.91 Å². The fourth-order valence-electron chi connectivity index (χ4n) is 2.38. The van der Waals surface area contributed by atoms with E-state index in [1.807, 2.05) is 24.3 Å². The van der Waals surface area contributed by atoms with E-state index in [2.05, 4.69) is 15.6 Å². The van der Waals surface area contributed by atoms with Gasteiger partial charge in [0.05, 0.1) is 14.2 Å². The Balaban J connectivity index is 1.64. The van der Waals surface area contributed by atoms with Gasteiger partial charge in [0, 0.05) is 28.7 Å². The summed E-state index contributed by atoms with van der Waals surface area (Å²) in [6.07, 6.45) is 0. The molecule has 0 saturated heterocycles. The van der Waals surface area contributed by atoms with Crippen molar-refractivity contribution in [1.29, 1.82) is 0 Å². The lowest BCUT2D eigenvalue weighted by atomic mass is 10.2. The highest BCUT2D eigenvalue weighted by molar-refractivity contribution is 7.14. The van der Waals surface area contributed by atoms with Crippen LogP contribution in [-0.2, 0) is 6.54 Å². The molecule has 0 aliphatic carbocycles. The first-order valence-electron chi connectivity index (χ1n) is 8.07. The first kappa shape index (κ1) is 19.0. The highest BCUT2D eigenvalue weighted by Crippen LogP contribution is 2.31. The minimum absolute atomic E-state index is 0.258. The van der Waals surface area contributed by atoms with E-state index in [-0.39, 0.29) is 5.91 Å². The fraction of sp³-hybridized carbons (Fsp3) is 0.158. The fourth-order valence-corrected chi connectivity index (χ4v) is 3.29. The van der Waals surface area contributed by atoms with Crippen molar-refractivity contribution < 1.29 is 14.3 Å². The third-order valence-corrected chi connectivity index (χ3v) is 4.90. The number of carbonyl (C=O) groups is 1. The summed E-state index contributed by atoms with van der Waals surface area (Å²) in [5.41, 5.74) is 1.98. The second-order valence-corrected chi connectivity index (χ2v) is 6.77. The number of hydrogen-bond donors (Lipinski definition) is 2. The molecule has 140 valence electrons. The van der Waals surface area contributed by atoms with Crippen molar-refractivity contribution in [3.63, 3.8) is 0 Å². The number of benzene rings is 2. The lowest BCUT2D eigenvalue weighted by Crippen LogP contribution is -2.23. The molecular weight excluding hydrogens is 386 g/mol. The minimum atomic E-state index is -0.258. The predicted molar refractivity (Wildman–Crippen MR) is 108 cm³/mol. The Hall–Kier alpha value is -2.77. The molecule has 0 atom stereocenters. The summed E-state index contributed by atoms with van der Waals surface area (Å²) in [6.45, 7) is 0.342. The Morgan fingerprint density at radius 3 is 2.67 bits per heavy atom. The normalized spacial score (nSPS) is 10.3. The van der Waals surface area contributed by atoms with E-state index in [4.69, 9.17) is 21.1 Å². The molecule has 3 rings (SSSR count). The first-order valence-corrected chi connectivity index (χ1v) is 9.32. The van der Waals surface area contributed by atoms with Crippen molar-refractivity contribution in [2.24, 2.45) is 0 Å².